The number of anilines is 1. The van der Waals surface area contributed by atoms with E-state index in [1.54, 1.807) is 16.7 Å². The lowest BCUT2D eigenvalue weighted by atomic mass is 10.1. The largest absolute Gasteiger partial charge is 0.343 e. The van der Waals surface area contributed by atoms with Crippen molar-refractivity contribution in [1.82, 2.24) is 9.99 Å². The first-order chi connectivity index (χ1) is 19.7. The molecular formula is C27H20FN7O6. The van der Waals surface area contributed by atoms with Gasteiger partial charge in [0.1, 0.15) is 11.4 Å². The molecule has 1 aliphatic carbocycles. The van der Waals surface area contributed by atoms with E-state index in [0.29, 0.717) is 5.52 Å². The quantitative estimate of drug-likeness (QED) is 0.173. The topological polar surface area (TPSA) is 174 Å². The van der Waals surface area contributed by atoms with Crippen LogP contribution in [0.15, 0.2) is 81.9 Å². The number of halogens is 1. The van der Waals surface area contributed by atoms with Crippen LogP contribution < -0.4 is 16.3 Å². The van der Waals surface area contributed by atoms with Crippen molar-refractivity contribution in [2.75, 3.05) is 5.43 Å². The van der Waals surface area contributed by atoms with Gasteiger partial charge in [0.05, 0.1) is 44.6 Å². The summed E-state index contributed by atoms with van der Waals surface area (Å²) in [5.41, 5.74) is 3.99. The van der Waals surface area contributed by atoms with E-state index < -0.39 is 27.0 Å². The highest BCUT2D eigenvalue weighted by atomic mass is 19.1. The second-order valence-corrected chi connectivity index (χ2v) is 9.06. The van der Waals surface area contributed by atoms with Gasteiger partial charge in [-0.1, -0.05) is 24.3 Å². The van der Waals surface area contributed by atoms with Gasteiger partial charge in [-0.3, -0.25) is 35.2 Å². The summed E-state index contributed by atoms with van der Waals surface area (Å²) in [6, 6.07) is 14.1. The van der Waals surface area contributed by atoms with E-state index in [0.717, 1.165) is 25.1 Å². The van der Waals surface area contributed by atoms with Crippen molar-refractivity contribution >= 4 is 46.3 Å². The Balaban J connectivity index is 1.44. The number of nitrogens with zero attached hydrogens (tertiary/aromatic N) is 5. The fourth-order valence-corrected chi connectivity index (χ4v) is 4.19. The number of carbonyl (C=O) groups excluding carboxylic acids is 1. The van der Waals surface area contributed by atoms with Crippen molar-refractivity contribution in [2.24, 2.45) is 10.2 Å². The maximum Gasteiger partial charge on any atom is 0.278 e. The third-order valence-electron chi connectivity index (χ3n) is 6.33. The highest BCUT2D eigenvalue weighted by Gasteiger charge is 2.27. The number of hydrazone groups is 2. The molecule has 0 radical (unpaired) electrons. The molecule has 0 spiro atoms. The molecule has 1 amide bonds. The molecule has 1 heterocycles. The summed E-state index contributed by atoms with van der Waals surface area (Å²) in [6.45, 7) is 0. The summed E-state index contributed by atoms with van der Waals surface area (Å²) in [7, 11) is 0. The van der Waals surface area contributed by atoms with E-state index in [9.17, 15) is 29.8 Å². The molecule has 0 aliphatic heterocycles. The van der Waals surface area contributed by atoms with E-state index in [1.807, 2.05) is 0 Å². The van der Waals surface area contributed by atoms with Crippen LogP contribution in [0.1, 0.15) is 40.4 Å². The zero-order chi connectivity index (χ0) is 29.1. The Morgan fingerprint density at radius 2 is 1.54 bits per heavy atom. The van der Waals surface area contributed by atoms with E-state index >= 15 is 4.39 Å². The van der Waals surface area contributed by atoms with Crippen LogP contribution in [0, 0.1) is 26.0 Å². The van der Waals surface area contributed by atoms with Gasteiger partial charge in [0.2, 0.25) is 5.43 Å². The number of rotatable bonds is 9. The molecule has 5 rings (SSSR count). The first kappa shape index (κ1) is 26.8. The molecule has 1 aliphatic rings. The molecule has 4 aromatic rings. The molecule has 0 saturated heterocycles. The van der Waals surface area contributed by atoms with Gasteiger partial charge in [-0.2, -0.15) is 10.2 Å². The van der Waals surface area contributed by atoms with Crippen molar-refractivity contribution in [3.63, 3.8) is 0 Å². The van der Waals surface area contributed by atoms with E-state index in [1.165, 1.54) is 54.9 Å². The summed E-state index contributed by atoms with van der Waals surface area (Å²) >= 11 is 0. The second-order valence-electron chi connectivity index (χ2n) is 9.06. The molecule has 14 heteroatoms. The molecule has 41 heavy (non-hydrogen) atoms. The molecule has 206 valence electrons. The van der Waals surface area contributed by atoms with Crippen molar-refractivity contribution in [3.8, 4) is 0 Å². The molecule has 2 N–H and O–H groups in total. The number of fused-ring (bicyclic) bond motifs is 1. The number of benzene rings is 3. The number of hydrogen-bond donors (Lipinski definition) is 2. The van der Waals surface area contributed by atoms with Crippen LogP contribution in [-0.2, 0) is 0 Å². The van der Waals surface area contributed by atoms with Gasteiger partial charge >= 0.3 is 0 Å². The standard InChI is InChI=1S/C27H20FN7O6/c28-21-11-19-25(12-22(21)31-29-13-16-5-1-3-7-23(16)34(38)39)33(18-9-10-18)15-20(26(19)36)27(37)32-30-14-17-6-2-4-8-24(17)35(40)41/h1-8,11-15,18,31H,9-10H2,(H,32,37)/b29-13+,30-14+. The van der Waals surface area contributed by atoms with Gasteiger partial charge in [-0.05, 0) is 37.1 Å². The van der Waals surface area contributed by atoms with E-state index in [4.69, 9.17) is 0 Å². The molecule has 0 unspecified atom stereocenters. The lowest BCUT2D eigenvalue weighted by Gasteiger charge is -2.14. The summed E-state index contributed by atoms with van der Waals surface area (Å²) in [5, 5.41) is 30.0. The molecule has 1 aromatic heterocycles. The molecule has 0 bridgehead atoms. The third-order valence-corrected chi connectivity index (χ3v) is 6.33. The van der Waals surface area contributed by atoms with Gasteiger partial charge in [0.25, 0.3) is 17.3 Å². The average Bonchev–Trinajstić information content (AvgIpc) is 3.80. The smallest absolute Gasteiger partial charge is 0.278 e. The van der Waals surface area contributed by atoms with Gasteiger partial charge in [-0.25, -0.2) is 9.82 Å². The third kappa shape index (κ3) is 5.66. The van der Waals surface area contributed by atoms with Gasteiger partial charge in [0.15, 0.2) is 0 Å². The van der Waals surface area contributed by atoms with E-state index in [2.05, 4.69) is 21.1 Å². The first-order valence-electron chi connectivity index (χ1n) is 12.2. The molecule has 13 nitrogen and oxygen atoms in total. The fourth-order valence-electron chi connectivity index (χ4n) is 4.19. The predicted molar refractivity (Wildman–Crippen MR) is 149 cm³/mol. The Bertz CT molecular complexity index is 1830. The van der Waals surface area contributed by atoms with Gasteiger partial charge in [0, 0.05) is 29.8 Å². The Morgan fingerprint density at radius 3 is 2.12 bits per heavy atom. The molecular weight excluding hydrogens is 537 g/mol. The Morgan fingerprint density at radius 1 is 0.951 bits per heavy atom. The minimum atomic E-state index is -0.863. The van der Waals surface area contributed by atoms with Crippen LogP contribution in [0.3, 0.4) is 0 Å². The van der Waals surface area contributed by atoms with Crippen molar-refractivity contribution in [3.05, 3.63) is 120 Å². The summed E-state index contributed by atoms with van der Waals surface area (Å²) in [6.07, 6.45) is 5.22. The Hall–Kier alpha value is -5.79. The number of para-hydroxylation sites is 2. The van der Waals surface area contributed by atoms with Crippen LogP contribution in [0.25, 0.3) is 10.9 Å². The number of nitro groups is 2. The van der Waals surface area contributed by atoms with Crippen LogP contribution in [0.5, 0.6) is 0 Å². The predicted octanol–water partition coefficient (Wildman–Crippen LogP) is 4.50. The summed E-state index contributed by atoms with van der Waals surface area (Å²) in [5.74, 6) is -1.69. The van der Waals surface area contributed by atoms with Crippen LogP contribution in [0.4, 0.5) is 21.5 Å². The van der Waals surface area contributed by atoms with Crippen LogP contribution in [-0.4, -0.2) is 32.8 Å². The minimum Gasteiger partial charge on any atom is -0.343 e. The van der Waals surface area contributed by atoms with Gasteiger partial charge in [-0.15, -0.1) is 0 Å². The Kier molecular flexibility index (Phi) is 7.28. The normalized spacial score (nSPS) is 13.1. The molecule has 1 fully saturated rings. The lowest BCUT2D eigenvalue weighted by Crippen LogP contribution is -2.27. The number of amides is 1. The number of hydrogen-bond acceptors (Lipinski definition) is 9. The highest BCUT2D eigenvalue weighted by Crippen LogP contribution is 2.37. The molecule has 3 aromatic carbocycles. The number of pyridine rings is 1. The lowest BCUT2D eigenvalue weighted by molar-refractivity contribution is -0.385. The zero-order valence-corrected chi connectivity index (χ0v) is 21.1. The first-order valence-corrected chi connectivity index (χ1v) is 12.2. The van der Waals surface area contributed by atoms with Crippen LogP contribution in [0.2, 0.25) is 0 Å². The van der Waals surface area contributed by atoms with Crippen molar-refractivity contribution in [1.29, 1.82) is 0 Å². The molecule has 1 saturated carbocycles. The minimum absolute atomic E-state index is 0.0195. The van der Waals surface area contributed by atoms with Crippen molar-refractivity contribution in [2.45, 2.75) is 18.9 Å². The average molecular weight is 557 g/mol. The van der Waals surface area contributed by atoms with Gasteiger partial charge < -0.3 is 4.57 Å². The maximum absolute atomic E-state index is 15.0. The SMILES string of the molecule is O=C(N/N=C/c1ccccc1[N+](=O)[O-])c1cn(C2CC2)c2cc(N/N=C/c3ccccc3[N+](=O)[O-])c(F)cc2c1=O. The zero-order valence-electron chi connectivity index (χ0n) is 21.1. The summed E-state index contributed by atoms with van der Waals surface area (Å²) < 4.78 is 16.7. The van der Waals surface area contributed by atoms with E-state index in [-0.39, 0.29) is 45.2 Å². The Labute approximate surface area is 229 Å². The van der Waals surface area contributed by atoms with Crippen LogP contribution >= 0.6 is 0 Å². The van der Waals surface area contributed by atoms with Crippen molar-refractivity contribution < 1.29 is 19.0 Å². The highest BCUT2D eigenvalue weighted by molar-refractivity contribution is 5.98. The maximum atomic E-state index is 15.0. The monoisotopic (exact) mass is 557 g/mol. The second kappa shape index (κ2) is 11.1. The number of carbonyl (C=O) groups is 1. The fraction of sp³-hybridized carbons (Fsp3) is 0.111. The number of nitrogens with one attached hydrogen (secondary N) is 2. The summed E-state index contributed by atoms with van der Waals surface area (Å²) in [4.78, 5) is 47.3. The molecule has 0 atom stereocenters. The number of aromatic nitrogens is 1. The number of nitro benzene ring substituents is 2.